The molecule has 2 aliphatic heterocycles. The van der Waals surface area contributed by atoms with Crippen LogP contribution in [0.3, 0.4) is 0 Å². The van der Waals surface area contributed by atoms with Gasteiger partial charge in [0.2, 0.25) is 0 Å². The van der Waals surface area contributed by atoms with Crippen molar-refractivity contribution in [3.8, 4) is 0 Å². The van der Waals surface area contributed by atoms with Crippen molar-refractivity contribution >= 4 is 17.4 Å². The smallest absolute Gasteiger partial charge is 0.0399 e. The normalized spacial score (nSPS) is 27.3. The van der Waals surface area contributed by atoms with Crippen molar-refractivity contribution in [3.05, 3.63) is 29.3 Å². The Bertz CT molecular complexity index is 483. The second-order valence-corrected chi connectivity index (χ2v) is 7.32. The summed E-state index contributed by atoms with van der Waals surface area (Å²) in [5.41, 5.74) is 4.27. The highest BCUT2D eigenvalue weighted by atomic mass is 32.2. The largest absolute Gasteiger partial charge is 0.369 e. The molecule has 0 radical (unpaired) electrons. The maximum Gasteiger partial charge on any atom is 0.0399 e. The maximum absolute atomic E-state index is 3.55. The fourth-order valence-corrected chi connectivity index (χ4v) is 4.49. The summed E-state index contributed by atoms with van der Waals surface area (Å²) in [6.45, 7) is 11.5. The first-order valence-electron chi connectivity index (χ1n) is 7.99. The van der Waals surface area contributed by atoms with Gasteiger partial charge in [-0.05, 0) is 37.3 Å². The highest BCUT2D eigenvalue weighted by Gasteiger charge is 2.33. The van der Waals surface area contributed by atoms with Gasteiger partial charge in [0.1, 0.15) is 0 Å². The third-order valence-electron chi connectivity index (χ3n) is 5.13. The van der Waals surface area contributed by atoms with E-state index in [1.54, 1.807) is 0 Å². The van der Waals surface area contributed by atoms with Gasteiger partial charge in [-0.2, -0.15) is 11.8 Å². The Hall–Kier alpha value is -0.710. The van der Waals surface area contributed by atoms with E-state index in [2.05, 4.69) is 53.4 Å². The Labute approximate surface area is 133 Å². The topological polar surface area (TPSA) is 18.5 Å². The number of piperazine rings is 1. The molecule has 2 atom stereocenters. The predicted molar refractivity (Wildman–Crippen MR) is 93.7 cm³/mol. The Morgan fingerprint density at radius 2 is 1.86 bits per heavy atom. The Balaban J connectivity index is 1.64. The molecule has 116 valence electrons. The van der Waals surface area contributed by atoms with E-state index in [0.717, 1.165) is 30.9 Å². The van der Waals surface area contributed by atoms with Crippen LogP contribution in [0.25, 0.3) is 0 Å². The van der Waals surface area contributed by atoms with Gasteiger partial charge in [-0.15, -0.1) is 0 Å². The monoisotopic (exact) mass is 305 g/mol. The summed E-state index contributed by atoms with van der Waals surface area (Å²) in [5.74, 6) is 0. The SMILES string of the molecule is CSC1CNCC1N1CCN(c2cccc(C)c2C)CC1. The third kappa shape index (κ3) is 3.08. The number of hydrogen-bond acceptors (Lipinski definition) is 4. The quantitative estimate of drug-likeness (QED) is 0.922. The molecule has 0 aliphatic carbocycles. The minimum atomic E-state index is 0.723. The molecule has 0 bridgehead atoms. The van der Waals surface area contributed by atoms with E-state index in [1.807, 2.05) is 11.8 Å². The summed E-state index contributed by atoms with van der Waals surface area (Å²) in [5, 5.41) is 4.32. The van der Waals surface area contributed by atoms with Crippen LogP contribution >= 0.6 is 11.8 Å². The van der Waals surface area contributed by atoms with Gasteiger partial charge in [0.15, 0.2) is 0 Å². The first-order valence-corrected chi connectivity index (χ1v) is 9.28. The second kappa shape index (κ2) is 6.59. The molecule has 0 spiro atoms. The van der Waals surface area contributed by atoms with Crippen LogP contribution in [0, 0.1) is 13.8 Å². The predicted octanol–water partition coefficient (Wildman–Crippen LogP) is 2.13. The van der Waals surface area contributed by atoms with Gasteiger partial charge < -0.3 is 10.2 Å². The molecule has 3 nitrogen and oxygen atoms in total. The van der Waals surface area contributed by atoms with Gasteiger partial charge in [0.25, 0.3) is 0 Å². The van der Waals surface area contributed by atoms with Gasteiger partial charge in [0, 0.05) is 56.2 Å². The minimum absolute atomic E-state index is 0.723. The lowest BCUT2D eigenvalue weighted by Gasteiger charge is -2.41. The molecular formula is C17H27N3S. The number of aryl methyl sites for hydroxylation is 1. The molecule has 0 saturated carbocycles. The van der Waals surface area contributed by atoms with Crippen molar-refractivity contribution in [1.29, 1.82) is 0 Å². The number of nitrogens with zero attached hydrogens (tertiary/aromatic N) is 2. The molecule has 2 fully saturated rings. The zero-order valence-corrected chi connectivity index (χ0v) is 14.2. The molecule has 0 amide bonds. The summed E-state index contributed by atoms with van der Waals surface area (Å²) >= 11 is 2.02. The molecular weight excluding hydrogens is 278 g/mol. The van der Waals surface area contributed by atoms with Crippen LogP contribution in [-0.4, -0.2) is 61.7 Å². The molecule has 1 aromatic rings. The number of anilines is 1. The van der Waals surface area contributed by atoms with Crippen LogP contribution < -0.4 is 10.2 Å². The number of nitrogens with one attached hydrogen (secondary N) is 1. The zero-order valence-electron chi connectivity index (χ0n) is 13.4. The Kier molecular flexibility index (Phi) is 4.77. The number of thioether (sulfide) groups is 1. The second-order valence-electron chi connectivity index (χ2n) is 6.24. The highest BCUT2D eigenvalue weighted by molar-refractivity contribution is 7.99. The van der Waals surface area contributed by atoms with Crippen LogP contribution in [0.5, 0.6) is 0 Å². The first-order chi connectivity index (χ1) is 10.2. The molecule has 3 rings (SSSR count). The highest BCUT2D eigenvalue weighted by Crippen LogP contribution is 2.26. The number of hydrogen-bond donors (Lipinski definition) is 1. The van der Waals surface area contributed by atoms with E-state index in [-0.39, 0.29) is 0 Å². The van der Waals surface area contributed by atoms with Crippen molar-refractivity contribution in [3.63, 3.8) is 0 Å². The van der Waals surface area contributed by atoms with Crippen LogP contribution in [0.2, 0.25) is 0 Å². The lowest BCUT2D eigenvalue weighted by molar-refractivity contribution is 0.200. The molecule has 2 heterocycles. The molecule has 2 aliphatic rings. The van der Waals surface area contributed by atoms with Gasteiger partial charge >= 0.3 is 0 Å². The first kappa shape index (κ1) is 15.2. The van der Waals surface area contributed by atoms with E-state index in [1.165, 1.54) is 36.4 Å². The average Bonchev–Trinajstić information content (AvgIpc) is 2.99. The van der Waals surface area contributed by atoms with Crippen molar-refractivity contribution in [2.45, 2.75) is 25.1 Å². The summed E-state index contributed by atoms with van der Waals surface area (Å²) in [4.78, 5) is 5.26. The summed E-state index contributed by atoms with van der Waals surface area (Å²) < 4.78 is 0. The van der Waals surface area contributed by atoms with Crippen molar-refractivity contribution in [1.82, 2.24) is 10.2 Å². The van der Waals surface area contributed by atoms with Crippen LogP contribution in [0.1, 0.15) is 11.1 Å². The number of rotatable bonds is 3. The van der Waals surface area contributed by atoms with Crippen molar-refractivity contribution in [2.75, 3.05) is 50.4 Å². The molecule has 21 heavy (non-hydrogen) atoms. The molecule has 4 heteroatoms. The van der Waals surface area contributed by atoms with E-state index < -0.39 is 0 Å². The summed E-state index contributed by atoms with van der Waals surface area (Å²) in [6, 6.07) is 7.40. The summed E-state index contributed by atoms with van der Waals surface area (Å²) in [7, 11) is 0. The van der Waals surface area contributed by atoms with Gasteiger partial charge in [0.05, 0.1) is 0 Å². The fourth-order valence-electron chi connectivity index (χ4n) is 3.62. The zero-order chi connectivity index (χ0) is 14.8. The third-order valence-corrected chi connectivity index (χ3v) is 6.22. The molecule has 1 aromatic carbocycles. The lowest BCUT2D eigenvalue weighted by Crippen LogP contribution is -2.53. The minimum Gasteiger partial charge on any atom is -0.369 e. The van der Waals surface area contributed by atoms with Crippen molar-refractivity contribution < 1.29 is 0 Å². The van der Waals surface area contributed by atoms with E-state index >= 15 is 0 Å². The Morgan fingerprint density at radius 1 is 1.10 bits per heavy atom. The van der Waals surface area contributed by atoms with Gasteiger partial charge in [-0.3, -0.25) is 4.90 Å². The number of benzene rings is 1. The Morgan fingerprint density at radius 3 is 2.57 bits per heavy atom. The molecule has 1 N–H and O–H groups in total. The van der Waals surface area contributed by atoms with Crippen LogP contribution in [0.15, 0.2) is 18.2 Å². The van der Waals surface area contributed by atoms with Crippen molar-refractivity contribution in [2.24, 2.45) is 0 Å². The molecule has 2 saturated heterocycles. The molecule has 2 unspecified atom stereocenters. The van der Waals surface area contributed by atoms with Crippen LogP contribution in [-0.2, 0) is 0 Å². The standard InChI is InChI=1S/C17H27N3S/c1-13-5-4-6-15(14(13)2)19-7-9-20(10-8-19)16-11-18-12-17(16)21-3/h4-6,16-18H,7-12H2,1-3H3. The average molecular weight is 305 g/mol. The van der Waals surface area contributed by atoms with Crippen LogP contribution in [0.4, 0.5) is 5.69 Å². The maximum atomic E-state index is 3.55. The fraction of sp³-hybridized carbons (Fsp3) is 0.647. The van der Waals surface area contributed by atoms with E-state index in [4.69, 9.17) is 0 Å². The molecule has 0 aromatic heterocycles. The summed E-state index contributed by atoms with van der Waals surface area (Å²) in [6.07, 6.45) is 2.25. The lowest BCUT2D eigenvalue weighted by atomic mass is 10.1. The van der Waals surface area contributed by atoms with E-state index in [0.29, 0.717) is 0 Å². The van der Waals surface area contributed by atoms with Gasteiger partial charge in [-0.25, -0.2) is 0 Å². The van der Waals surface area contributed by atoms with E-state index in [9.17, 15) is 0 Å². The van der Waals surface area contributed by atoms with Gasteiger partial charge in [-0.1, -0.05) is 12.1 Å².